The van der Waals surface area contributed by atoms with Crippen LogP contribution in [0.1, 0.15) is 38.5 Å². The van der Waals surface area contributed by atoms with Crippen LogP contribution >= 0.6 is 0 Å². The summed E-state index contributed by atoms with van der Waals surface area (Å²) in [6, 6.07) is 10.3. The maximum Gasteiger partial charge on any atom is 0.335 e. The zero-order chi connectivity index (χ0) is 16.6. The maximum absolute atomic E-state index is 12.1. The van der Waals surface area contributed by atoms with E-state index in [0.29, 0.717) is 11.6 Å². The van der Waals surface area contributed by atoms with Gasteiger partial charge in [-0.15, -0.1) is 0 Å². The van der Waals surface area contributed by atoms with Crippen LogP contribution < -0.4 is 0 Å². The molecular weight excluding hydrogens is 296 g/mol. The van der Waals surface area contributed by atoms with Gasteiger partial charge < -0.3 is 9.40 Å². The molecule has 1 aromatic heterocycles. The molecule has 0 saturated heterocycles. The largest absolute Gasteiger partial charge is 0.349 e. The molecule has 2 heterocycles. The van der Waals surface area contributed by atoms with Crippen LogP contribution in [0.5, 0.6) is 0 Å². The van der Waals surface area contributed by atoms with Crippen LogP contribution in [-0.4, -0.2) is 27.4 Å². The van der Waals surface area contributed by atoms with E-state index in [4.69, 9.17) is 4.84 Å². The number of amides is 2. The third-order valence-electron chi connectivity index (χ3n) is 3.91. The monoisotopic (exact) mass is 312 g/mol. The smallest absolute Gasteiger partial charge is 0.335 e. The van der Waals surface area contributed by atoms with Crippen LogP contribution in [0.15, 0.2) is 36.4 Å². The average molecular weight is 312 g/mol. The number of hydroxylamine groups is 2. The Morgan fingerprint density at radius 2 is 1.48 bits per heavy atom. The lowest BCUT2D eigenvalue weighted by Crippen LogP contribution is -2.33. The van der Waals surface area contributed by atoms with E-state index in [1.54, 1.807) is 12.1 Å². The number of carbonyl (C=O) groups excluding carboxylic acids is 3. The summed E-state index contributed by atoms with van der Waals surface area (Å²) in [5.41, 5.74) is 2.58. The SMILES string of the molecule is Cc1ccc(C)n1CCC(=O)ON1C(=O)c2ccccc2C1=O. The van der Waals surface area contributed by atoms with Gasteiger partial charge in [0.05, 0.1) is 17.5 Å². The number of hydrogen-bond donors (Lipinski definition) is 0. The van der Waals surface area contributed by atoms with Gasteiger partial charge in [-0.3, -0.25) is 9.59 Å². The summed E-state index contributed by atoms with van der Waals surface area (Å²) in [7, 11) is 0. The van der Waals surface area contributed by atoms with Gasteiger partial charge in [-0.1, -0.05) is 17.2 Å². The van der Waals surface area contributed by atoms with Gasteiger partial charge in [0.2, 0.25) is 0 Å². The fraction of sp³-hybridized carbons (Fsp3) is 0.235. The first kappa shape index (κ1) is 15.0. The fourth-order valence-corrected chi connectivity index (χ4v) is 2.65. The molecular formula is C17H16N2O4. The third kappa shape index (κ3) is 2.63. The first-order chi connectivity index (χ1) is 11.0. The van der Waals surface area contributed by atoms with E-state index in [-0.39, 0.29) is 17.5 Å². The lowest BCUT2D eigenvalue weighted by Gasteiger charge is -2.13. The molecule has 0 saturated carbocycles. The predicted octanol–water partition coefficient (Wildman–Crippen LogP) is 2.25. The third-order valence-corrected chi connectivity index (χ3v) is 3.91. The highest BCUT2D eigenvalue weighted by Gasteiger charge is 2.38. The van der Waals surface area contributed by atoms with Crippen LogP contribution in [0, 0.1) is 13.8 Å². The predicted molar refractivity (Wildman–Crippen MR) is 81.6 cm³/mol. The molecule has 0 aliphatic carbocycles. The van der Waals surface area contributed by atoms with E-state index in [0.717, 1.165) is 11.4 Å². The maximum atomic E-state index is 12.1. The van der Waals surface area contributed by atoms with Crippen molar-refractivity contribution in [3.05, 3.63) is 58.9 Å². The number of imide groups is 1. The number of aryl methyl sites for hydroxylation is 2. The molecule has 0 atom stereocenters. The van der Waals surface area contributed by atoms with Crippen molar-refractivity contribution < 1.29 is 19.2 Å². The van der Waals surface area contributed by atoms with E-state index < -0.39 is 17.8 Å². The van der Waals surface area contributed by atoms with E-state index in [2.05, 4.69) is 0 Å². The summed E-state index contributed by atoms with van der Waals surface area (Å²) in [6.45, 7) is 4.33. The Bertz CT molecular complexity index is 752. The van der Waals surface area contributed by atoms with Crippen LogP contribution in [0.3, 0.4) is 0 Å². The van der Waals surface area contributed by atoms with Crippen molar-refractivity contribution >= 4 is 17.8 Å². The van der Waals surface area contributed by atoms with Gasteiger partial charge in [-0.25, -0.2) is 4.79 Å². The Morgan fingerprint density at radius 1 is 0.957 bits per heavy atom. The molecule has 3 rings (SSSR count). The van der Waals surface area contributed by atoms with Crippen molar-refractivity contribution in [3.8, 4) is 0 Å². The van der Waals surface area contributed by atoms with Crippen molar-refractivity contribution in [1.82, 2.24) is 9.63 Å². The number of nitrogens with zero attached hydrogens (tertiary/aromatic N) is 2. The number of benzene rings is 1. The van der Waals surface area contributed by atoms with Crippen molar-refractivity contribution in [2.75, 3.05) is 0 Å². The Kier molecular flexibility index (Phi) is 3.73. The number of rotatable bonds is 4. The van der Waals surface area contributed by atoms with Gasteiger partial charge in [0.25, 0.3) is 11.8 Å². The van der Waals surface area contributed by atoms with Crippen molar-refractivity contribution in [2.24, 2.45) is 0 Å². The van der Waals surface area contributed by atoms with E-state index >= 15 is 0 Å². The summed E-state index contributed by atoms with van der Waals surface area (Å²) >= 11 is 0. The molecule has 1 aliphatic rings. The van der Waals surface area contributed by atoms with Gasteiger partial charge in [0, 0.05) is 17.9 Å². The molecule has 1 aliphatic heterocycles. The van der Waals surface area contributed by atoms with Gasteiger partial charge in [0.1, 0.15) is 0 Å². The average Bonchev–Trinajstić information content (AvgIpc) is 2.98. The Morgan fingerprint density at radius 3 is 2.00 bits per heavy atom. The first-order valence-electron chi connectivity index (χ1n) is 7.30. The minimum Gasteiger partial charge on any atom is -0.349 e. The molecule has 1 aromatic carbocycles. The Balaban J connectivity index is 1.65. The summed E-state index contributed by atoms with van der Waals surface area (Å²) in [5.74, 6) is -1.83. The second-order valence-electron chi connectivity index (χ2n) is 5.43. The van der Waals surface area contributed by atoms with Crippen molar-refractivity contribution in [3.63, 3.8) is 0 Å². The Hall–Kier alpha value is -2.89. The van der Waals surface area contributed by atoms with Crippen molar-refractivity contribution in [1.29, 1.82) is 0 Å². The first-order valence-corrected chi connectivity index (χ1v) is 7.30. The molecule has 0 N–H and O–H groups in total. The molecule has 118 valence electrons. The quantitative estimate of drug-likeness (QED) is 0.812. The summed E-state index contributed by atoms with van der Waals surface area (Å²) in [5, 5.41) is 0.544. The molecule has 6 nitrogen and oxygen atoms in total. The molecule has 0 fully saturated rings. The standard InChI is InChI=1S/C17H16N2O4/c1-11-7-8-12(2)18(11)10-9-15(20)23-19-16(21)13-5-3-4-6-14(13)17(19)22/h3-8H,9-10H2,1-2H3. The normalized spacial score (nSPS) is 13.4. The van der Waals surface area contributed by atoms with Gasteiger partial charge in [-0.05, 0) is 38.1 Å². The molecule has 2 aromatic rings. The molecule has 6 heteroatoms. The van der Waals surface area contributed by atoms with E-state index in [1.807, 2.05) is 30.5 Å². The number of hydrogen-bond acceptors (Lipinski definition) is 4. The number of fused-ring (bicyclic) bond motifs is 1. The van der Waals surface area contributed by atoms with Gasteiger partial charge in [-0.2, -0.15) is 0 Å². The molecule has 0 radical (unpaired) electrons. The molecule has 0 spiro atoms. The Labute approximate surface area is 133 Å². The lowest BCUT2D eigenvalue weighted by atomic mass is 10.1. The summed E-state index contributed by atoms with van der Waals surface area (Å²) in [6.07, 6.45) is 0.0732. The highest BCUT2D eigenvalue weighted by molar-refractivity contribution is 6.20. The molecule has 23 heavy (non-hydrogen) atoms. The van der Waals surface area contributed by atoms with Gasteiger partial charge >= 0.3 is 5.97 Å². The van der Waals surface area contributed by atoms with Crippen LogP contribution in [0.25, 0.3) is 0 Å². The van der Waals surface area contributed by atoms with Crippen LogP contribution in [-0.2, 0) is 16.2 Å². The minimum atomic E-state index is -0.619. The molecule has 0 unspecified atom stereocenters. The number of aromatic nitrogens is 1. The van der Waals surface area contributed by atoms with Gasteiger partial charge in [0.15, 0.2) is 0 Å². The second-order valence-corrected chi connectivity index (χ2v) is 5.43. The topological polar surface area (TPSA) is 68.6 Å². The second kappa shape index (κ2) is 5.72. The molecule has 0 bridgehead atoms. The fourth-order valence-electron chi connectivity index (χ4n) is 2.65. The van der Waals surface area contributed by atoms with Crippen LogP contribution in [0.4, 0.5) is 0 Å². The van der Waals surface area contributed by atoms with Crippen LogP contribution in [0.2, 0.25) is 0 Å². The lowest BCUT2D eigenvalue weighted by molar-refractivity contribution is -0.168. The summed E-state index contributed by atoms with van der Waals surface area (Å²) in [4.78, 5) is 41.2. The summed E-state index contributed by atoms with van der Waals surface area (Å²) < 4.78 is 1.98. The zero-order valence-electron chi connectivity index (χ0n) is 12.9. The minimum absolute atomic E-state index is 0.0732. The number of carbonyl (C=O) groups is 3. The van der Waals surface area contributed by atoms with Crippen molar-refractivity contribution in [2.45, 2.75) is 26.8 Å². The highest BCUT2D eigenvalue weighted by atomic mass is 16.7. The molecule has 2 amide bonds. The van der Waals surface area contributed by atoms with E-state index in [9.17, 15) is 14.4 Å². The highest BCUT2D eigenvalue weighted by Crippen LogP contribution is 2.22. The van der Waals surface area contributed by atoms with E-state index in [1.165, 1.54) is 12.1 Å². The zero-order valence-corrected chi connectivity index (χ0v) is 12.9.